The normalized spacial score (nSPS) is 11.2. The minimum atomic E-state index is -0.242. The van der Waals surface area contributed by atoms with E-state index in [0.717, 1.165) is 17.1 Å². The van der Waals surface area contributed by atoms with Gasteiger partial charge in [-0.25, -0.2) is 4.68 Å². The third kappa shape index (κ3) is 2.50. The Morgan fingerprint density at radius 2 is 2.00 bits per heavy atom. The van der Waals surface area contributed by atoms with Crippen molar-refractivity contribution >= 4 is 0 Å². The summed E-state index contributed by atoms with van der Waals surface area (Å²) in [6.45, 7) is 8.61. The van der Waals surface area contributed by atoms with E-state index in [0.29, 0.717) is 12.3 Å². The van der Waals surface area contributed by atoms with Crippen LogP contribution in [0.3, 0.4) is 0 Å². The molecule has 0 fully saturated rings. The van der Waals surface area contributed by atoms with Crippen molar-refractivity contribution < 1.29 is 4.74 Å². The molecule has 5 heteroatoms. The Morgan fingerprint density at radius 1 is 1.30 bits per heavy atom. The third-order valence-electron chi connectivity index (χ3n) is 2.88. The molecule has 0 radical (unpaired) electrons. The van der Waals surface area contributed by atoms with Gasteiger partial charge in [0.25, 0.3) is 0 Å². The number of ether oxygens (including phenoxy) is 1. The molecular weight excluding hydrogens is 252 g/mol. The first-order valence-electron chi connectivity index (χ1n) is 6.57. The SMILES string of the molecule is CCOc1ccccc1-n1nnc(C#N)c1C(C)(C)C. The van der Waals surface area contributed by atoms with Gasteiger partial charge in [0.2, 0.25) is 0 Å². The minimum absolute atomic E-state index is 0.242. The molecule has 0 saturated heterocycles. The van der Waals surface area contributed by atoms with Gasteiger partial charge in [0.05, 0.1) is 12.3 Å². The van der Waals surface area contributed by atoms with Gasteiger partial charge >= 0.3 is 0 Å². The molecule has 20 heavy (non-hydrogen) atoms. The van der Waals surface area contributed by atoms with Crippen LogP contribution in [-0.2, 0) is 5.41 Å². The van der Waals surface area contributed by atoms with E-state index in [9.17, 15) is 5.26 Å². The van der Waals surface area contributed by atoms with E-state index in [1.54, 1.807) is 4.68 Å². The van der Waals surface area contributed by atoms with Crippen LogP contribution in [0.15, 0.2) is 24.3 Å². The van der Waals surface area contributed by atoms with Crippen LogP contribution in [0.4, 0.5) is 0 Å². The highest BCUT2D eigenvalue weighted by atomic mass is 16.5. The molecule has 2 rings (SSSR count). The van der Waals surface area contributed by atoms with E-state index in [-0.39, 0.29) is 5.41 Å². The van der Waals surface area contributed by atoms with Gasteiger partial charge in [0.15, 0.2) is 5.69 Å². The second kappa shape index (κ2) is 5.33. The molecule has 2 aromatic rings. The molecule has 0 N–H and O–H groups in total. The molecule has 0 aliphatic rings. The number of nitrogens with zero attached hydrogens (tertiary/aromatic N) is 4. The van der Waals surface area contributed by atoms with Crippen molar-refractivity contribution in [3.05, 3.63) is 35.7 Å². The smallest absolute Gasteiger partial charge is 0.186 e. The molecule has 0 aliphatic carbocycles. The maximum atomic E-state index is 9.22. The summed E-state index contributed by atoms with van der Waals surface area (Å²) in [7, 11) is 0. The molecule has 0 amide bonds. The molecule has 1 aromatic carbocycles. The van der Waals surface area contributed by atoms with Crippen LogP contribution >= 0.6 is 0 Å². The lowest BCUT2D eigenvalue weighted by Gasteiger charge is -2.20. The Hall–Kier alpha value is -2.35. The van der Waals surface area contributed by atoms with Crippen molar-refractivity contribution in [3.8, 4) is 17.5 Å². The number of rotatable bonds is 3. The summed E-state index contributed by atoms with van der Waals surface area (Å²) >= 11 is 0. The fourth-order valence-corrected chi connectivity index (χ4v) is 2.11. The average Bonchev–Trinajstić information content (AvgIpc) is 2.83. The van der Waals surface area contributed by atoms with Gasteiger partial charge in [0, 0.05) is 5.41 Å². The Morgan fingerprint density at radius 3 is 2.60 bits per heavy atom. The quantitative estimate of drug-likeness (QED) is 0.860. The van der Waals surface area contributed by atoms with E-state index in [1.165, 1.54) is 0 Å². The Balaban J connectivity index is 2.66. The van der Waals surface area contributed by atoms with Gasteiger partial charge in [0.1, 0.15) is 17.5 Å². The number of hydrogen-bond donors (Lipinski definition) is 0. The first kappa shape index (κ1) is 14.1. The molecule has 1 heterocycles. The van der Waals surface area contributed by atoms with Crippen molar-refractivity contribution in [3.63, 3.8) is 0 Å². The zero-order valence-corrected chi connectivity index (χ0v) is 12.2. The van der Waals surface area contributed by atoms with Crippen LogP contribution in [0.5, 0.6) is 5.75 Å². The van der Waals surface area contributed by atoms with Gasteiger partial charge in [-0.2, -0.15) is 5.26 Å². The van der Waals surface area contributed by atoms with E-state index in [1.807, 2.05) is 52.0 Å². The van der Waals surface area contributed by atoms with Gasteiger partial charge in [-0.15, -0.1) is 5.10 Å². The second-order valence-corrected chi connectivity index (χ2v) is 5.46. The summed E-state index contributed by atoms with van der Waals surface area (Å²) in [6, 6.07) is 9.73. The number of hydrogen-bond acceptors (Lipinski definition) is 4. The molecule has 5 nitrogen and oxygen atoms in total. The molecule has 104 valence electrons. The Kier molecular flexibility index (Phi) is 3.75. The fraction of sp³-hybridized carbons (Fsp3) is 0.400. The zero-order valence-electron chi connectivity index (χ0n) is 12.2. The topological polar surface area (TPSA) is 63.7 Å². The Bertz CT molecular complexity index is 647. The van der Waals surface area contributed by atoms with Gasteiger partial charge in [-0.3, -0.25) is 0 Å². The number of aromatic nitrogens is 3. The highest BCUT2D eigenvalue weighted by Crippen LogP contribution is 2.30. The maximum absolute atomic E-state index is 9.22. The first-order valence-corrected chi connectivity index (χ1v) is 6.57. The summed E-state index contributed by atoms with van der Waals surface area (Å²) in [4.78, 5) is 0. The van der Waals surface area contributed by atoms with E-state index in [2.05, 4.69) is 16.4 Å². The number of para-hydroxylation sites is 2. The molecular formula is C15H18N4O. The van der Waals surface area contributed by atoms with Crippen LogP contribution in [0.2, 0.25) is 0 Å². The predicted octanol–water partition coefficient (Wildman–Crippen LogP) is 2.84. The maximum Gasteiger partial charge on any atom is 0.186 e. The highest BCUT2D eigenvalue weighted by molar-refractivity contribution is 5.49. The lowest BCUT2D eigenvalue weighted by Crippen LogP contribution is -2.19. The number of nitriles is 1. The van der Waals surface area contributed by atoms with Gasteiger partial charge in [-0.1, -0.05) is 38.1 Å². The molecule has 0 saturated carbocycles. The zero-order chi connectivity index (χ0) is 14.8. The van der Waals surface area contributed by atoms with Crippen molar-refractivity contribution in [1.29, 1.82) is 5.26 Å². The van der Waals surface area contributed by atoms with Crippen LogP contribution in [0.1, 0.15) is 39.1 Å². The van der Waals surface area contributed by atoms with E-state index < -0.39 is 0 Å². The Labute approximate surface area is 118 Å². The average molecular weight is 270 g/mol. The monoisotopic (exact) mass is 270 g/mol. The van der Waals surface area contributed by atoms with Crippen LogP contribution in [-0.4, -0.2) is 21.6 Å². The lowest BCUT2D eigenvalue weighted by molar-refractivity contribution is 0.337. The second-order valence-electron chi connectivity index (χ2n) is 5.46. The standard InChI is InChI=1S/C15H18N4O/c1-5-20-13-9-7-6-8-12(13)19-14(15(2,3)4)11(10-16)17-18-19/h6-9H,5H2,1-4H3. The van der Waals surface area contributed by atoms with Crippen LogP contribution in [0.25, 0.3) is 5.69 Å². The first-order chi connectivity index (χ1) is 9.49. The summed E-state index contributed by atoms with van der Waals surface area (Å²) < 4.78 is 7.33. The lowest BCUT2D eigenvalue weighted by atomic mass is 9.90. The van der Waals surface area contributed by atoms with Gasteiger partial charge in [-0.05, 0) is 19.1 Å². The van der Waals surface area contributed by atoms with Crippen molar-refractivity contribution in [2.75, 3.05) is 6.61 Å². The summed E-state index contributed by atoms with van der Waals surface area (Å²) in [6.07, 6.45) is 0. The summed E-state index contributed by atoms with van der Waals surface area (Å²) in [5, 5.41) is 17.3. The van der Waals surface area contributed by atoms with Crippen LogP contribution in [0, 0.1) is 11.3 Å². The summed E-state index contributed by atoms with van der Waals surface area (Å²) in [5.41, 5.74) is 1.69. The molecule has 1 aromatic heterocycles. The molecule has 0 bridgehead atoms. The summed E-state index contributed by atoms with van der Waals surface area (Å²) in [5.74, 6) is 0.731. The van der Waals surface area contributed by atoms with Gasteiger partial charge < -0.3 is 4.74 Å². The number of benzene rings is 1. The van der Waals surface area contributed by atoms with Crippen molar-refractivity contribution in [2.45, 2.75) is 33.1 Å². The highest BCUT2D eigenvalue weighted by Gasteiger charge is 2.27. The van der Waals surface area contributed by atoms with E-state index >= 15 is 0 Å². The molecule has 0 spiro atoms. The fourth-order valence-electron chi connectivity index (χ4n) is 2.11. The molecule has 0 atom stereocenters. The molecule has 0 unspecified atom stereocenters. The predicted molar refractivity (Wildman–Crippen MR) is 75.9 cm³/mol. The van der Waals surface area contributed by atoms with E-state index in [4.69, 9.17) is 4.74 Å². The van der Waals surface area contributed by atoms with Crippen molar-refractivity contribution in [2.24, 2.45) is 0 Å². The largest absolute Gasteiger partial charge is 0.492 e. The third-order valence-corrected chi connectivity index (χ3v) is 2.88. The van der Waals surface area contributed by atoms with Crippen LogP contribution < -0.4 is 4.74 Å². The minimum Gasteiger partial charge on any atom is -0.492 e. The van der Waals surface area contributed by atoms with Crippen molar-refractivity contribution in [1.82, 2.24) is 15.0 Å². The molecule has 0 aliphatic heterocycles.